The van der Waals surface area contributed by atoms with Crippen molar-refractivity contribution >= 4 is 11.7 Å². The standard InChI is InChI=1S/C21H16N6O/c1-14(28)27-21-18(10-17(12-24-21)19-4-2-3-8-22-19)15-5-6-20(23-11-15)16-7-9-25-26-13-16/h2-13H,1H3,(H,24,27,28). The van der Waals surface area contributed by atoms with Crippen LogP contribution in [0.5, 0.6) is 0 Å². The number of amides is 1. The van der Waals surface area contributed by atoms with E-state index in [4.69, 9.17) is 0 Å². The summed E-state index contributed by atoms with van der Waals surface area (Å²) in [6.07, 6.45) is 8.46. The third kappa shape index (κ3) is 3.73. The molecule has 0 spiro atoms. The first kappa shape index (κ1) is 17.4. The number of carbonyl (C=O) groups excluding carboxylic acids is 1. The van der Waals surface area contributed by atoms with E-state index in [0.717, 1.165) is 33.6 Å². The van der Waals surface area contributed by atoms with Crippen LogP contribution in [-0.2, 0) is 4.79 Å². The van der Waals surface area contributed by atoms with Crippen LogP contribution in [0.2, 0.25) is 0 Å². The molecule has 136 valence electrons. The second-order valence-electron chi connectivity index (χ2n) is 6.08. The van der Waals surface area contributed by atoms with E-state index in [9.17, 15) is 4.79 Å². The lowest BCUT2D eigenvalue weighted by Gasteiger charge is -2.11. The van der Waals surface area contributed by atoms with Crippen molar-refractivity contribution in [2.75, 3.05) is 5.32 Å². The van der Waals surface area contributed by atoms with Gasteiger partial charge in [-0.1, -0.05) is 12.1 Å². The number of hydrogen-bond acceptors (Lipinski definition) is 6. The first-order valence-electron chi connectivity index (χ1n) is 8.63. The molecule has 1 amide bonds. The summed E-state index contributed by atoms with van der Waals surface area (Å²) >= 11 is 0. The number of rotatable bonds is 4. The first-order chi connectivity index (χ1) is 13.7. The van der Waals surface area contributed by atoms with E-state index in [1.165, 1.54) is 6.92 Å². The van der Waals surface area contributed by atoms with Crippen molar-refractivity contribution in [2.24, 2.45) is 0 Å². The molecule has 1 N–H and O–H groups in total. The van der Waals surface area contributed by atoms with Crippen LogP contribution in [0.4, 0.5) is 5.82 Å². The molecular formula is C21H16N6O. The van der Waals surface area contributed by atoms with Gasteiger partial charge in [0, 0.05) is 47.8 Å². The molecule has 7 nitrogen and oxygen atoms in total. The molecule has 0 fully saturated rings. The van der Waals surface area contributed by atoms with Crippen molar-refractivity contribution in [3.05, 3.63) is 73.4 Å². The fourth-order valence-electron chi connectivity index (χ4n) is 2.79. The molecular weight excluding hydrogens is 352 g/mol. The Labute approximate surface area is 161 Å². The van der Waals surface area contributed by atoms with Gasteiger partial charge >= 0.3 is 0 Å². The summed E-state index contributed by atoms with van der Waals surface area (Å²) in [6, 6.07) is 13.3. The van der Waals surface area contributed by atoms with Crippen LogP contribution >= 0.6 is 0 Å². The lowest BCUT2D eigenvalue weighted by Crippen LogP contribution is -2.09. The highest BCUT2D eigenvalue weighted by atomic mass is 16.1. The maximum absolute atomic E-state index is 11.6. The van der Waals surface area contributed by atoms with Crippen molar-refractivity contribution in [1.29, 1.82) is 0 Å². The quantitative estimate of drug-likeness (QED) is 0.591. The third-order valence-electron chi connectivity index (χ3n) is 4.10. The summed E-state index contributed by atoms with van der Waals surface area (Å²) in [5.74, 6) is 0.291. The topological polar surface area (TPSA) is 93.6 Å². The van der Waals surface area contributed by atoms with Crippen molar-refractivity contribution in [3.63, 3.8) is 0 Å². The van der Waals surface area contributed by atoms with E-state index in [1.807, 2.05) is 42.5 Å². The number of carbonyl (C=O) groups is 1. The highest BCUT2D eigenvalue weighted by Gasteiger charge is 2.12. The van der Waals surface area contributed by atoms with E-state index < -0.39 is 0 Å². The van der Waals surface area contributed by atoms with Crippen molar-refractivity contribution in [3.8, 4) is 33.6 Å². The minimum atomic E-state index is -0.188. The highest BCUT2D eigenvalue weighted by Crippen LogP contribution is 2.31. The monoisotopic (exact) mass is 368 g/mol. The van der Waals surface area contributed by atoms with Crippen molar-refractivity contribution in [2.45, 2.75) is 6.92 Å². The van der Waals surface area contributed by atoms with E-state index in [2.05, 4.69) is 30.5 Å². The van der Waals surface area contributed by atoms with Gasteiger partial charge in [0.15, 0.2) is 0 Å². The average molecular weight is 368 g/mol. The van der Waals surface area contributed by atoms with Crippen molar-refractivity contribution < 1.29 is 4.79 Å². The maximum Gasteiger partial charge on any atom is 0.222 e. The molecule has 0 saturated heterocycles. The average Bonchev–Trinajstić information content (AvgIpc) is 2.75. The van der Waals surface area contributed by atoms with Gasteiger partial charge in [0.05, 0.1) is 23.8 Å². The zero-order valence-corrected chi connectivity index (χ0v) is 15.1. The predicted octanol–water partition coefficient (Wildman–Crippen LogP) is 3.62. The first-order valence-corrected chi connectivity index (χ1v) is 8.63. The summed E-state index contributed by atoms with van der Waals surface area (Å²) in [4.78, 5) is 24.9. The van der Waals surface area contributed by atoms with Crippen LogP contribution in [0.3, 0.4) is 0 Å². The summed E-state index contributed by atoms with van der Waals surface area (Å²) in [5.41, 5.74) is 4.92. The molecule has 0 aromatic carbocycles. The molecule has 4 heterocycles. The Morgan fingerprint density at radius 1 is 0.786 bits per heavy atom. The Hall–Kier alpha value is -4.00. The molecule has 0 bridgehead atoms. The fourth-order valence-corrected chi connectivity index (χ4v) is 2.79. The number of anilines is 1. The number of nitrogens with one attached hydrogen (secondary N) is 1. The Bertz CT molecular complexity index is 1100. The van der Waals surface area contributed by atoms with Crippen LogP contribution < -0.4 is 5.32 Å². The molecule has 7 heteroatoms. The highest BCUT2D eigenvalue weighted by molar-refractivity contribution is 5.93. The minimum absolute atomic E-state index is 0.188. The molecule has 4 rings (SSSR count). The van der Waals surface area contributed by atoms with Crippen LogP contribution in [0.15, 0.2) is 73.4 Å². The van der Waals surface area contributed by atoms with E-state index in [1.54, 1.807) is 31.0 Å². The molecule has 0 aliphatic rings. The normalized spacial score (nSPS) is 10.5. The molecule has 4 aromatic rings. The Morgan fingerprint density at radius 3 is 2.32 bits per heavy atom. The lowest BCUT2D eigenvalue weighted by molar-refractivity contribution is -0.114. The molecule has 0 radical (unpaired) electrons. The maximum atomic E-state index is 11.6. The van der Waals surface area contributed by atoms with E-state index >= 15 is 0 Å². The van der Waals surface area contributed by atoms with Crippen LogP contribution in [-0.4, -0.2) is 31.1 Å². The van der Waals surface area contributed by atoms with Gasteiger partial charge in [-0.05, 0) is 30.3 Å². The summed E-state index contributed by atoms with van der Waals surface area (Å²) < 4.78 is 0. The SMILES string of the molecule is CC(=O)Nc1ncc(-c2ccccn2)cc1-c1ccc(-c2ccnnc2)nc1. The largest absolute Gasteiger partial charge is 0.310 e. The number of aromatic nitrogens is 5. The zero-order chi connectivity index (χ0) is 19.3. The number of nitrogens with zero attached hydrogens (tertiary/aromatic N) is 5. The van der Waals surface area contributed by atoms with Crippen molar-refractivity contribution in [1.82, 2.24) is 25.1 Å². The Kier molecular flexibility index (Phi) is 4.79. The predicted molar refractivity (Wildman–Crippen MR) is 106 cm³/mol. The third-order valence-corrected chi connectivity index (χ3v) is 4.10. The summed E-state index contributed by atoms with van der Waals surface area (Å²) in [6.45, 7) is 1.45. The smallest absolute Gasteiger partial charge is 0.222 e. The zero-order valence-electron chi connectivity index (χ0n) is 15.1. The van der Waals surface area contributed by atoms with E-state index in [-0.39, 0.29) is 5.91 Å². The summed E-state index contributed by atoms with van der Waals surface area (Å²) in [5, 5.41) is 10.4. The van der Waals surface area contributed by atoms with Gasteiger partial charge in [0.2, 0.25) is 5.91 Å². The molecule has 28 heavy (non-hydrogen) atoms. The van der Waals surface area contributed by atoms with Gasteiger partial charge < -0.3 is 5.32 Å². The molecule has 0 saturated carbocycles. The van der Waals surface area contributed by atoms with Crippen LogP contribution in [0.1, 0.15) is 6.92 Å². The second kappa shape index (κ2) is 7.71. The van der Waals surface area contributed by atoms with Gasteiger partial charge in [-0.25, -0.2) is 4.98 Å². The number of pyridine rings is 3. The second-order valence-corrected chi connectivity index (χ2v) is 6.08. The van der Waals surface area contributed by atoms with Gasteiger partial charge in [-0.15, -0.1) is 0 Å². The van der Waals surface area contributed by atoms with Gasteiger partial charge in [0.1, 0.15) is 5.82 Å². The molecule has 0 aliphatic carbocycles. The molecule has 0 aliphatic heterocycles. The van der Waals surface area contributed by atoms with E-state index in [0.29, 0.717) is 5.82 Å². The molecule has 0 unspecified atom stereocenters. The summed E-state index contributed by atoms with van der Waals surface area (Å²) in [7, 11) is 0. The minimum Gasteiger partial charge on any atom is -0.310 e. The molecule has 0 atom stereocenters. The van der Waals surface area contributed by atoms with Gasteiger partial charge in [-0.2, -0.15) is 10.2 Å². The Balaban J connectivity index is 1.77. The van der Waals surface area contributed by atoms with Gasteiger partial charge in [0.25, 0.3) is 0 Å². The Morgan fingerprint density at radius 2 is 1.64 bits per heavy atom. The fraction of sp³-hybridized carbons (Fsp3) is 0.0476. The van der Waals surface area contributed by atoms with Crippen LogP contribution in [0, 0.1) is 0 Å². The van der Waals surface area contributed by atoms with Gasteiger partial charge in [-0.3, -0.25) is 14.8 Å². The lowest BCUT2D eigenvalue weighted by atomic mass is 10.0. The van der Waals surface area contributed by atoms with Crippen LogP contribution in [0.25, 0.3) is 33.6 Å². The number of hydrogen-bond donors (Lipinski definition) is 1. The molecule has 4 aromatic heterocycles.